The maximum atomic E-state index is 11.9. The highest BCUT2D eigenvalue weighted by atomic mass is 35.5. The zero-order valence-corrected chi connectivity index (χ0v) is 13.3. The zero-order valence-electron chi connectivity index (χ0n) is 12.5. The summed E-state index contributed by atoms with van der Waals surface area (Å²) in [5, 5.41) is 3.47. The van der Waals surface area contributed by atoms with Gasteiger partial charge in [0.05, 0.1) is 6.10 Å². The number of hydrogen-bond donors (Lipinski definition) is 1. The standard InChI is InChI=1S/C18H18ClNO2/c1-13(2)22-17-10-8-16(9-11-17)20-18(21)12-5-14-3-6-15(19)7-4-14/h3-13H,1-2H3,(H,20,21). The molecule has 0 spiro atoms. The number of rotatable bonds is 5. The van der Waals surface area contributed by atoms with Gasteiger partial charge in [-0.05, 0) is 61.9 Å². The molecule has 0 fully saturated rings. The van der Waals surface area contributed by atoms with Crippen molar-refractivity contribution in [1.29, 1.82) is 0 Å². The number of carbonyl (C=O) groups excluding carboxylic acids is 1. The lowest BCUT2D eigenvalue weighted by Gasteiger charge is -2.10. The molecular weight excluding hydrogens is 298 g/mol. The van der Waals surface area contributed by atoms with Crippen molar-refractivity contribution < 1.29 is 9.53 Å². The summed E-state index contributed by atoms with van der Waals surface area (Å²) in [6, 6.07) is 14.6. The predicted octanol–water partition coefficient (Wildman–Crippen LogP) is 4.78. The van der Waals surface area contributed by atoms with Gasteiger partial charge in [0.2, 0.25) is 5.91 Å². The second-order valence-corrected chi connectivity index (χ2v) is 5.50. The first-order valence-electron chi connectivity index (χ1n) is 7.04. The summed E-state index contributed by atoms with van der Waals surface area (Å²) in [7, 11) is 0. The van der Waals surface area contributed by atoms with Crippen LogP contribution in [-0.2, 0) is 4.79 Å². The van der Waals surface area contributed by atoms with Crippen LogP contribution < -0.4 is 10.1 Å². The van der Waals surface area contributed by atoms with Crippen molar-refractivity contribution in [2.24, 2.45) is 0 Å². The Hall–Kier alpha value is -2.26. The zero-order chi connectivity index (χ0) is 15.9. The van der Waals surface area contributed by atoms with E-state index in [0.717, 1.165) is 17.0 Å². The number of amides is 1. The summed E-state index contributed by atoms with van der Waals surface area (Å²) in [5.74, 6) is 0.595. The Kier molecular flexibility index (Phi) is 5.61. The molecule has 0 unspecified atom stereocenters. The van der Waals surface area contributed by atoms with E-state index in [1.807, 2.05) is 50.2 Å². The highest BCUT2D eigenvalue weighted by molar-refractivity contribution is 6.30. The van der Waals surface area contributed by atoms with Gasteiger partial charge in [0, 0.05) is 16.8 Å². The number of nitrogens with one attached hydrogen (secondary N) is 1. The molecular formula is C18H18ClNO2. The maximum Gasteiger partial charge on any atom is 0.248 e. The lowest BCUT2D eigenvalue weighted by molar-refractivity contribution is -0.111. The summed E-state index contributed by atoms with van der Waals surface area (Å²) < 4.78 is 5.55. The van der Waals surface area contributed by atoms with E-state index in [-0.39, 0.29) is 12.0 Å². The van der Waals surface area contributed by atoms with Crippen LogP contribution in [0.5, 0.6) is 5.75 Å². The third kappa shape index (κ3) is 5.26. The van der Waals surface area contributed by atoms with Crippen molar-refractivity contribution in [2.45, 2.75) is 20.0 Å². The Bertz CT molecular complexity index is 646. The molecule has 0 heterocycles. The normalized spacial score (nSPS) is 10.9. The topological polar surface area (TPSA) is 38.3 Å². The quantitative estimate of drug-likeness (QED) is 0.806. The minimum absolute atomic E-state index is 0.128. The fraction of sp³-hybridized carbons (Fsp3) is 0.167. The second-order valence-electron chi connectivity index (χ2n) is 5.07. The first-order chi connectivity index (χ1) is 10.5. The van der Waals surface area contributed by atoms with Crippen molar-refractivity contribution in [1.82, 2.24) is 0 Å². The van der Waals surface area contributed by atoms with Gasteiger partial charge in [0.25, 0.3) is 0 Å². The minimum Gasteiger partial charge on any atom is -0.491 e. The van der Waals surface area contributed by atoms with Crippen molar-refractivity contribution in [3.63, 3.8) is 0 Å². The average molecular weight is 316 g/mol. The molecule has 0 aliphatic heterocycles. The van der Waals surface area contributed by atoms with Gasteiger partial charge in [0.15, 0.2) is 0 Å². The summed E-state index contributed by atoms with van der Waals surface area (Å²) in [4.78, 5) is 11.9. The van der Waals surface area contributed by atoms with Crippen LogP contribution in [0.4, 0.5) is 5.69 Å². The van der Waals surface area contributed by atoms with Crippen molar-refractivity contribution in [3.05, 3.63) is 65.2 Å². The molecule has 0 aliphatic carbocycles. The number of carbonyl (C=O) groups is 1. The first kappa shape index (κ1) is 16.1. The molecule has 2 rings (SSSR count). The Balaban J connectivity index is 1.92. The molecule has 0 saturated heterocycles. The van der Waals surface area contributed by atoms with Gasteiger partial charge in [-0.1, -0.05) is 23.7 Å². The molecule has 1 N–H and O–H groups in total. The molecule has 22 heavy (non-hydrogen) atoms. The van der Waals surface area contributed by atoms with Crippen molar-refractivity contribution >= 4 is 29.3 Å². The third-order valence-corrected chi connectivity index (χ3v) is 3.04. The SMILES string of the molecule is CC(C)Oc1ccc(NC(=O)C=Cc2ccc(Cl)cc2)cc1. The van der Waals surface area contributed by atoms with Gasteiger partial charge in [-0.25, -0.2) is 0 Å². The van der Waals surface area contributed by atoms with E-state index < -0.39 is 0 Å². The van der Waals surface area contributed by atoms with E-state index in [9.17, 15) is 4.79 Å². The van der Waals surface area contributed by atoms with Gasteiger partial charge < -0.3 is 10.1 Å². The average Bonchev–Trinajstić information content (AvgIpc) is 2.48. The maximum absolute atomic E-state index is 11.9. The molecule has 0 radical (unpaired) electrons. The highest BCUT2D eigenvalue weighted by Gasteiger charge is 2.00. The number of ether oxygens (including phenoxy) is 1. The number of halogens is 1. The van der Waals surface area contributed by atoms with Crippen LogP contribution in [0.1, 0.15) is 19.4 Å². The lowest BCUT2D eigenvalue weighted by Crippen LogP contribution is -2.08. The molecule has 0 atom stereocenters. The summed E-state index contributed by atoms with van der Waals surface area (Å²) in [6.07, 6.45) is 3.35. The van der Waals surface area contributed by atoms with Gasteiger partial charge in [0.1, 0.15) is 5.75 Å². The van der Waals surface area contributed by atoms with Crippen LogP contribution in [0, 0.1) is 0 Å². The van der Waals surface area contributed by atoms with Crippen molar-refractivity contribution in [2.75, 3.05) is 5.32 Å². The van der Waals surface area contributed by atoms with E-state index in [2.05, 4.69) is 5.32 Å². The monoisotopic (exact) mass is 315 g/mol. The van der Waals surface area contributed by atoms with Crippen LogP contribution in [0.25, 0.3) is 6.08 Å². The fourth-order valence-corrected chi connectivity index (χ4v) is 1.94. The van der Waals surface area contributed by atoms with E-state index in [1.54, 1.807) is 18.2 Å². The smallest absolute Gasteiger partial charge is 0.248 e. The summed E-state index contributed by atoms with van der Waals surface area (Å²) in [5.41, 5.74) is 1.64. The van der Waals surface area contributed by atoms with Crippen LogP contribution in [0.3, 0.4) is 0 Å². The Morgan fingerprint density at radius 3 is 2.32 bits per heavy atom. The lowest BCUT2D eigenvalue weighted by atomic mass is 10.2. The summed E-state index contributed by atoms with van der Waals surface area (Å²) in [6.45, 7) is 3.94. The molecule has 1 amide bonds. The molecule has 0 aromatic heterocycles. The van der Waals surface area contributed by atoms with Gasteiger partial charge in [-0.2, -0.15) is 0 Å². The first-order valence-corrected chi connectivity index (χ1v) is 7.42. The number of benzene rings is 2. The Morgan fingerprint density at radius 1 is 1.09 bits per heavy atom. The van der Waals surface area contributed by atoms with Gasteiger partial charge in [-0.3, -0.25) is 4.79 Å². The molecule has 3 nitrogen and oxygen atoms in total. The molecule has 2 aromatic carbocycles. The number of anilines is 1. The third-order valence-electron chi connectivity index (χ3n) is 2.79. The Morgan fingerprint density at radius 2 is 1.73 bits per heavy atom. The highest BCUT2D eigenvalue weighted by Crippen LogP contribution is 2.17. The van der Waals surface area contributed by atoms with E-state index in [1.165, 1.54) is 6.08 Å². The van der Waals surface area contributed by atoms with Crippen LogP contribution in [0.2, 0.25) is 5.02 Å². The summed E-state index contributed by atoms with van der Waals surface area (Å²) >= 11 is 5.81. The van der Waals surface area contributed by atoms with E-state index in [0.29, 0.717) is 5.02 Å². The fourth-order valence-electron chi connectivity index (χ4n) is 1.82. The van der Waals surface area contributed by atoms with E-state index in [4.69, 9.17) is 16.3 Å². The number of hydrogen-bond acceptors (Lipinski definition) is 2. The molecule has 4 heteroatoms. The minimum atomic E-state index is -0.188. The van der Waals surface area contributed by atoms with E-state index >= 15 is 0 Å². The van der Waals surface area contributed by atoms with Crippen LogP contribution in [0.15, 0.2) is 54.6 Å². The van der Waals surface area contributed by atoms with Gasteiger partial charge in [-0.15, -0.1) is 0 Å². The molecule has 114 valence electrons. The van der Waals surface area contributed by atoms with Crippen molar-refractivity contribution in [3.8, 4) is 5.75 Å². The predicted molar refractivity (Wildman–Crippen MR) is 91.3 cm³/mol. The molecule has 0 aliphatic rings. The Labute approximate surface area is 135 Å². The molecule has 2 aromatic rings. The second kappa shape index (κ2) is 7.66. The molecule has 0 saturated carbocycles. The van der Waals surface area contributed by atoms with Gasteiger partial charge >= 0.3 is 0 Å². The van der Waals surface area contributed by atoms with Crippen LogP contribution in [-0.4, -0.2) is 12.0 Å². The van der Waals surface area contributed by atoms with Crippen LogP contribution >= 0.6 is 11.6 Å². The largest absolute Gasteiger partial charge is 0.491 e. The molecule has 0 bridgehead atoms.